The van der Waals surface area contributed by atoms with Gasteiger partial charge in [0.05, 0.1) is 17.6 Å². The molecule has 1 aliphatic heterocycles. The fourth-order valence-corrected chi connectivity index (χ4v) is 3.57. The highest BCUT2D eigenvalue weighted by atomic mass is 16.5. The van der Waals surface area contributed by atoms with Crippen molar-refractivity contribution in [3.63, 3.8) is 0 Å². The van der Waals surface area contributed by atoms with E-state index in [0.29, 0.717) is 18.9 Å². The summed E-state index contributed by atoms with van der Waals surface area (Å²) in [6, 6.07) is 16.7. The first-order valence-corrected chi connectivity index (χ1v) is 9.30. The summed E-state index contributed by atoms with van der Waals surface area (Å²) in [5.41, 5.74) is 2.85. The third-order valence-corrected chi connectivity index (χ3v) is 4.63. The SMILES string of the molecule is CC(C)Cc1cc(OCc2ccccc2)c2c(c1)OC(C)(C)CC2C#N. The van der Waals surface area contributed by atoms with Gasteiger partial charge in [-0.25, -0.2) is 0 Å². The Bertz CT molecular complexity index is 803. The van der Waals surface area contributed by atoms with Gasteiger partial charge in [0.25, 0.3) is 0 Å². The molecule has 1 unspecified atom stereocenters. The predicted octanol–water partition coefficient (Wildman–Crippen LogP) is 5.63. The van der Waals surface area contributed by atoms with Gasteiger partial charge in [0.1, 0.15) is 23.7 Å². The van der Waals surface area contributed by atoms with Crippen molar-refractivity contribution >= 4 is 0 Å². The van der Waals surface area contributed by atoms with Crippen LogP contribution in [0, 0.1) is 17.2 Å². The molecule has 3 heteroatoms. The molecular weight excluding hydrogens is 322 g/mol. The predicted molar refractivity (Wildman–Crippen MR) is 103 cm³/mol. The molecule has 0 amide bonds. The number of nitriles is 1. The second-order valence-corrected chi connectivity index (χ2v) is 8.13. The third kappa shape index (κ3) is 4.19. The highest BCUT2D eigenvalue weighted by molar-refractivity contribution is 5.54. The lowest BCUT2D eigenvalue weighted by Crippen LogP contribution is -2.34. The summed E-state index contributed by atoms with van der Waals surface area (Å²) < 4.78 is 12.4. The topological polar surface area (TPSA) is 42.2 Å². The van der Waals surface area contributed by atoms with E-state index in [-0.39, 0.29) is 11.5 Å². The third-order valence-electron chi connectivity index (χ3n) is 4.63. The molecule has 1 heterocycles. The Balaban J connectivity index is 1.99. The molecule has 0 aliphatic carbocycles. The Hall–Kier alpha value is -2.47. The number of nitrogens with zero attached hydrogens (tertiary/aromatic N) is 1. The summed E-state index contributed by atoms with van der Waals surface area (Å²) in [4.78, 5) is 0. The summed E-state index contributed by atoms with van der Waals surface area (Å²) in [6.07, 6.45) is 1.62. The average Bonchev–Trinajstić information content (AvgIpc) is 2.58. The molecule has 0 saturated heterocycles. The van der Waals surface area contributed by atoms with E-state index in [1.54, 1.807) is 0 Å². The van der Waals surface area contributed by atoms with Crippen molar-refractivity contribution < 1.29 is 9.47 Å². The second kappa shape index (κ2) is 7.41. The summed E-state index contributed by atoms with van der Waals surface area (Å²) in [5, 5.41) is 9.73. The molecule has 0 fully saturated rings. The van der Waals surface area contributed by atoms with Crippen LogP contribution in [0.3, 0.4) is 0 Å². The van der Waals surface area contributed by atoms with Crippen molar-refractivity contribution in [1.82, 2.24) is 0 Å². The van der Waals surface area contributed by atoms with E-state index < -0.39 is 0 Å². The first-order chi connectivity index (χ1) is 12.4. The van der Waals surface area contributed by atoms with Gasteiger partial charge in [-0.05, 0) is 49.4 Å². The second-order valence-electron chi connectivity index (χ2n) is 8.13. The van der Waals surface area contributed by atoms with Crippen LogP contribution in [0.25, 0.3) is 0 Å². The highest BCUT2D eigenvalue weighted by Gasteiger charge is 2.36. The Morgan fingerprint density at radius 3 is 2.58 bits per heavy atom. The molecule has 1 atom stereocenters. The van der Waals surface area contributed by atoms with Crippen molar-refractivity contribution in [1.29, 1.82) is 5.26 Å². The van der Waals surface area contributed by atoms with Crippen molar-refractivity contribution in [3.8, 4) is 17.6 Å². The summed E-state index contributed by atoms with van der Waals surface area (Å²) >= 11 is 0. The van der Waals surface area contributed by atoms with Crippen molar-refractivity contribution in [2.24, 2.45) is 5.92 Å². The minimum Gasteiger partial charge on any atom is -0.488 e. The molecule has 0 N–H and O–H groups in total. The first kappa shape index (κ1) is 18.3. The van der Waals surface area contributed by atoms with E-state index in [0.717, 1.165) is 29.0 Å². The minimum atomic E-state index is -0.347. The van der Waals surface area contributed by atoms with Gasteiger partial charge in [-0.15, -0.1) is 0 Å². The smallest absolute Gasteiger partial charge is 0.128 e. The zero-order chi connectivity index (χ0) is 18.7. The molecule has 3 rings (SSSR count). The van der Waals surface area contributed by atoms with E-state index in [1.165, 1.54) is 5.56 Å². The van der Waals surface area contributed by atoms with Gasteiger partial charge >= 0.3 is 0 Å². The summed E-state index contributed by atoms with van der Waals surface area (Å²) in [5.74, 6) is 1.91. The van der Waals surface area contributed by atoms with Gasteiger partial charge < -0.3 is 9.47 Å². The van der Waals surface area contributed by atoms with Gasteiger partial charge in [-0.1, -0.05) is 44.2 Å². The number of fused-ring (bicyclic) bond motifs is 1. The van der Waals surface area contributed by atoms with Crippen LogP contribution >= 0.6 is 0 Å². The van der Waals surface area contributed by atoms with E-state index in [2.05, 4.69) is 32.0 Å². The lowest BCUT2D eigenvalue weighted by Gasteiger charge is -2.36. The van der Waals surface area contributed by atoms with Crippen LogP contribution in [0.15, 0.2) is 42.5 Å². The first-order valence-electron chi connectivity index (χ1n) is 9.30. The molecule has 0 bridgehead atoms. The van der Waals surface area contributed by atoms with E-state index in [9.17, 15) is 5.26 Å². The van der Waals surface area contributed by atoms with Gasteiger partial charge in [0.15, 0.2) is 0 Å². The van der Waals surface area contributed by atoms with E-state index in [4.69, 9.17) is 9.47 Å². The van der Waals surface area contributed by atoms with E-state index in [1.807, 2.05) is 44.2 Å². The van der Waals surface area contributed by atoms with Crippen LogP contribution < -0.4 is 9.47 Å². The molecule has 26 heavy (non-hydrogen) atoms. The fourth-order valence-electron chi connectivity index (χ4n) is 3.57. The molecule has 3 nitrogen and oxygen atoms in total. The number of benzene rings is 2. The monoisotopic (exact) mass is 349 g/mol. The minimum absolute atomic E-state index is 0.215. The number of ether oxygens (including phenoxy) is 2. The van der Waals surface area contributed by atoms with Gasteiger partial charge in [-0.3, -0.25) is 0 Å². The summed E-state index contributed by atoms with van der Waals surface area (Å²) in [6.45, 7) is 8.97. The summed E-state index contributed by atoms with van der Waals surface area (Å²) in [7, 11) is 0. The normalized spacial score (nSPS) is 17.9. The number of hydrogen-bond donors (Lipinski definition) is 0. The Morgan fingerprint density at radius 2 is 1.92 bits per heavy atom. The highest BCUT2D eigenvalue weighted by Crippen LogP contribution is 2.46. The zero-order valence-corrected chi connectivity index (χ0v) is 16.1. The molecule has 0 aromatic heterocycles. The Kier molecular flexibility index (Phi) is 5.23. The van der Waals surface area contributed by atoms with Crippen LogP contribution in [-0.2, 0) is 13.0 Å². The molecular formula is C23H27NO2. The molecule has 136 valence electrons. The lowest BCUT2D eigenvalue weighted by atomic mass is 9.84. The average molecular weight is 349 g/mol. The molecule has 0 radical (unpaired) electrons. The standard InChI is InChI=1S/C23H27NO2/c1-16(2)10-18-11-20(25-15-17-8-6-5-7-9-17)22-19(14-24)13-23(3,4)26-21(22)12-18/h5-9,11-12,16,19H,10,13,15H2,1-4H3. The largest absolute Gasteiger partial charge is 0.488 e. The van der Waals surface area contributed by atoms with Gasteiger partial charge in [0, 0.05) is 6.42 Å². The van der Waals surface area contributed by atoms with Crippen LogP contribution in [0.2, 0.25) is 0 Å². The maximum Gasteiger partial charge on any atom is 0.128 e. The zero-order valence-electron chi connectivity index (χ0n) is 16.1. The van der Waals surface area contributed by atoms with Gasteiger partial charge in [-0.2, -0.15) is 5.26 Å². The van der Waals surface area contributed by atoms with Crippen LogP contribution in [-0.4, -0.2) is 5.60 Å². The quantitative estimate of drug-likeness (QED) is 0.702. The maximum atomic E-state index is 9.73. The Morgan fingerprint density at radius 1 is 1.19 bits per heavy atom. The molecule has 0 saturated carbocycles. The van der Waals surface area contributed by atoms with Crippen LogP contribution in [0.4, 0.5) is 0 Å². The fraction of sp³-hybridized carbons (Fsp3) is 0.435. The maximum absolute atomic E-state index is 9.73. The van der Waals surface area contributed by atoms with Crippen molar-refractivity contribution in [3.05, 3.63) is 59.2 Å². The number of rotatable bonds is 5. The molecule has 0 spiro atoms. The van der Waals surface area contributed by atoms with Crippen LogP contribution in [0.5, 0.6) is 11.5 Å². The molecule has 2 aromatic rings. The lowest BCUT2D eigenvalue weighted by molar-refractivity contribution is 0.0776. The van der Waals surface area contributed by atoms with E-state index >= 15 is 0 Å². The van der Waals surface area contributed by atoms with Crippen molar-refractivity contribution in [2.45, 2.75) is 58.7 Å². The van der Waals surface area contributed by atoms with Crippen molar-refractivity contribution in [2.75, 3.05) is 0 Å². The van der Waals surface area contributed by atoms with Crippen LogP contribution in [0.1, 0.15) is 56.7 Å². The molecule has 2 aromatic carbocycles. The Labute approximate surface area is 156 Å². The molecule has 1 aliphatic rings. The van der Waals surface area contributed by atoms with Gasteiger partial charge in [0.2, 0.25) is 0 Å². The number of hydrogen-bond acceptors (Lipinski definition) is 3.